The number of piperidine rings is 1. The predicted molar refractivity (Wildman–Crippen MR) is 75.4 cm³/mol. The van der Waals surface area contributed by atoms with Crippen LogP contribution < -0.4 is 0 Å². The Labute approximate surface area is 111 Å². The fourth-order valence-corrected chi connectivity index (χ4v) is 2.87. The number of likely N-dealkylation sites (tertiary alicyclic amines) is 1. The van der Waals surface area contributed by atoms with E-state index in [1.54, 1.807) is 0 Å². The van der Waals surface area contributed by atoms with Crippen LogP contribution >= 0.6 is 0 Å². The highest BCUT2D eigenvalue weighted by Gasteiger charge is 2.33. The van der Waals surface area contributed by atoms with Gasteiger partial charge in [-0.25, -0.2) is 0 Å². The highest BCUT2D eigenvalue weighted by atomic mass is 16.3. The molecule has 0 spiro atoms. The average Bonchev–Trinajstić information content (AvgIpc) is 2.35. The van der Waals surface area contributed by atoms with Crippen molar-refractivity contribution in [2.24, 2.45) is 5.92 Å². The summed E-state index contributed by atoms with van der Waals surface area (Å²) in [5.74, 6) is 0.659. The van der Waals surface area contributed by atoms with Crippen molar-refractivity contribution in [1.29, 1.82) is 0 Å². The molecule has 18 heavy (non-hydrogen) atoms. The Morgan fingerprint density at radius 3 is 2.67 bits per heavy atom. The van der Waals surface area contributed by atoms with Crippen LogP contribution in [0.4, 0.5) is 0 Å². The van der Waals surface area contributed by atoms with Gasteiger partial charge in [0.15, 0.2) is 0 Å². The first-order valence-corrected chi connectivity index (χ1v) is 7.01. The second-order valence-corrected chi connectivity index (χ2v) is 6.10. The van der Waals surface area contributed by atoms with Gasteiger partial charge >= 0.3 is 0 Å². The first kappa shape index (κ1) is 13.6. The molecule has 0 aliphatic carbocycles. The zero-order chi connectivity index (χ0) is 13.0. The summed E-state index contributed by atoms with van der Waals surface area (Å²) in [6.45, 7) is 7.14. The Morgan fingerprint density at radius 1 is 1.28 bits per heavy atom. The smallest absolute Gasteiger partial charge is 0.0434 e. The molecule has 1 aliphatic rings. The standard InChI is InChI=1S/C16H25NO/c1-16(2)10-8-15(9-11-18)13-17(16)12-14-6-4-3-5-7-14/h3-7,15,18H,8-13H2,1-2H3. The Bertz CT molecular complexity index is 361. The molecule has 1 saturated heterocycles. The Hall–Kier alpha value is -0.860. The molecule has 0 aromatic heterocycles. The van der Waals surface area contributed by atoms with E-state index in [2.05, 4.69) is 49.1 Å². The molecule has 0 radical (unpaired) electrons. The molecule has 1 fully saturated rings. The van der Waals surface area contributed by atoms with Crippen molar-refractivity contribution < 1.29 is 5.11 Å². The zero-order valence-electron chi connectivity index (χ0n) is 11.6. The second kappa shape index (κ2) is 5.85. The van der Waals surface area contributed by atoms with Crippen LogP contribution in [0.5, 0.6) is 0 Å². The highest BCUT2D eigenvalue weighted by Crippen LogP contribution is 2.32. The van der Waals surface area contributed by atoms with E-state index in [0.717, 1.165) is 19.5 Å². The Balaban J connectivity index is 2.03. The minimum atomic E-state index is 0.280. The third kappa shape index (κ3) is 3.33. The molecule has 0 bridgehead atoms. The lowest BCUT2D eigenvalue weighted by Gasteiger charge is -2.45. The average molecular weight is 247 g/mol. The van der Waals surface area contributed by atoms with E-state index in [0.29, 0.717) is 12.5 Å². The van der Waals surface area contributed by atoms with Gasteiger partial charge < -0.3 is 5.11 Å². The molecular weight excluding hydrogens is 222 g/mol. The van der Waals surface area contributed by atoms with E-state index < -0.39 is 0 Å². The van der Waals surface area contributed by atoms with E-state index in [4.69, 9.17) is 5.11 Å². The number of benzene rings is 1. The lowest BCUT2D eigenvalue weighted by atomic mass is 9.83. The number of hydrogen-bond acceptors (Lipinski definition) is 2. The topological polar surface area (TPSA) is 23.5 Å². The minimum absolute atomic E-state index is 0.280. The van der Waals surface area contributed by atoms with Gasteiger partial charge in [0.05, 0.1) is 0 Å². The van der Waals surface area contributed by atoms with E-state index in [1.165, 1.54) is 18.4 Å². The van der Waals surface area contributed by atoms with Gasteiger partial charge in [0.1, 0.15) is 0 Å². The second-order valence-electron chi connectivity index (χ2n) is 6.10. The molecule has 1 aliphatic heterocycles. The molecule has 1 atom stereocenters. The fraction of sp³-hybridized carbons (Fsp3) is 0.625. The van der Waals surface area contributed by atoms with E-state index >= 15 is 0 Å². The quantitative estimate of drug-likeness (QED) is 0.884. The SMILES string of the molecule is CC1(C)CCC(CCO)CN1Cc1ccccc1. The largest absolute Gasteiger partial charge is 0.396 e. The monoisotopic (exact) mass is 247 g/mol. The van der Waals surface area contributed by atoms with Crippen molar-refractivity contribution >= 4 is 0 Å². The summed E-state index contributed by atoms with van der Waals surface area (Å²) in [5, 5.41) is 9.11. The van der Waals surface area contributed by atoms with Gasteiger partial charge in [-0.2, -0.15) is 0 Å². The molecule has 1 aromatic carbocycles. The Morgan fingerprint density at radius 2 is 2.00 bits per heavy atom. The molecule has 0 amide bonds. The molecule has 1 heterocycles. The van der Waals surface area contributed by atoms with Crippen LogP contribution in [-0.4, -0.2) is 28.7 Å². The molecule has 0 saturated carbocycles. The van der Waals surface area contributed by atoms with Crippen molar-refractivity contribution in [3.63, 3.8) is 0 Å². The van der Waals surface area contributed by atoms with Crippen molar-refractivity contribution in [2.45, 2.75) is 45.2 Å². The van der Waals surface area contributed by atoms with Crippen LogP contribution in [0, 0.1) is 5.92 Å². The predicted octanol–water partition coefficient (Wildman–Crippen LogP) is 3.06. The molecule has 2 rings (SSSR count). The first-order valence-electron chi connectivity index (χ1n) is 7.01. The van der Waals surface area contributed by atoms with Crippen molar-refractivity contribution in [3.05, 3.63) is 35.9 Å². The maximum Gasteiger partial charge on any atom is 0.0434 e. The number of aliphatic hydroxyl groups is 1. The van der Waals surface area contributed by atoms with E-state index in [9.17, 15) is 0 Å². The molecule has 1 N–H and O–H groups in total. The minimum Gasteiger partial charge on any atom is -0.396 e. The Kier molecular flexibility index (Phi) is 4.41. The van der Waals surface area contributed by atoms with Crippen LogP contribution in [0.2, 0.25) is 0 Å². The summed E-state index contributed by atoms with van der Waals surface area (Å²) < 4.78 is 0. The van der Waals surface area contributed by atoms with Gasteiger partial charge in [0.2, 0.25) is 0 Å². The molecule has 1 unspecified atom stereocenters. The van der Waals surface area contributed by atoms with Crippen LogP contribution in [0.3, 0.4) is 0 Å². The van der Waals surface area contributed by atoms with E-state index in [1.807, 2.05) is 0 Å². The van der Waals surface area contributed by atoms with Crippen LogP contribution in [0.1, 0.15) is 38.7 Å². The molecule has 2 nitrogen and oxygen atoms in total. The normalized spacial score (nSPS) is 24.1. The van der Waals surface area contributed by atoms with Gasteiger partial charge in [-0.3, -0.25) is 4.90 Å². The van der Waals surface area contributed by atoms with Gasteiger partial charge in [-0.05, 0) is 44.6 Å². The number of hydrogen-bond donors (Lipinski definition) is 1. The molecular formula is C16H25NO. The van der Waals surface area contributed by atoms with Crippen LogP contribution in [0.25, 0.3) is 0 Å². The maximum atomic E-state index is 9.11. The van der Waals surface area contributed by atoms with Gasteiger partial charge in [-0.1, -0.05) is 30.3 Å². The summed E-state index contributed by atoms with van der Waals surface area (Å²) in [5.41, 5.74) is 1.66. The van der Waals surface area contributed by atoms with Crippen molar-refractivity contribution in [2.75, 3.05) is 13.2 Å². The molecule has 2 heteroatoms. The van der Waals surface area contributed by atoms with Crippen molar-refractivity contribution in [3.8, 4) is 0 Å². The summed E-state index contributed by atoms with van der Waals surface area (Å²) in [6, 6.07) is 10.7. The molecule has 1 aromatic rings. The van der Waals surface area contributed by atoms with E-state index in [-0.39, 0.29) is 5.54 Å². The summed E-state index contributed by atoms with van der Waals surface area (Å²) >= 11 is 0. The highest BCUT2D eigenvalue weighted by molar-refractivity contribution is 5.15. The summed E-state index contributed by atoms with van der Waals surface area (Å²) in [6.07, 6.45) is 3.42. The lowest BCUT2D eigenvalue weighted by Crippen LogP contribution is -2.49. The number of nitrogens with zero attached hydrogens (tertiary/aromatic N) is 1. The first-order chi connectivity index (χ1) is 8.62. The van der Waals surface area contributed by atoms with Crippen LogP contribution in [-0.2, 0) is 6.54 Å². The number of rotatable bonds is 4. The van der Waals surface area contributed by atoms with Gasteiger partial charge in [0, 0.05) is 25.2 Å². The number of aliphatic hydroxyl groups excluding tert-OH is 1. The molecule has 100 valence electrons. The third-order valence-corrected chi connectivity index (χ3v) is 4.25. The van der Waals surface area contributed by atoms with Gasteiger partial charge in [0.25, 0.3) is 0 Å². The summed E-state index contributed by atoms with van der Waals surface area (Å²) in [4.78, 5) is 2.58. The van der Waals surface area contributed by atoms with Gasteiger partial charge in [-0.15, -0.1) is 0 Å². The maximum absolute atomic E-state index is 9.11. The fourth-order valence-electron chi connectivity index (χ4n) is 2.87. The third-order valence-electron chi connectivity index (χ3n) is 4.25. The van der Waals surface area contributed by atoms with Crippen molar-refractivity contribution in [1.82, 2.24) is 4.90 Å². The van der Waals surface area contributed by atoms with Crippen LogP contribution in [0.15, 0.2) is 30.3 Å². The summed E-state index contributed by atoms with van der Waals surface area (Å²) in [7, 11) is 0. The lowest BCUT2D eigenvalue weighted by molar-refractivity contribution is 0.0306. The zero-order valence-corrected chi connectivity index (χ0v) is 11.6.